The predicted molar refractivity (Wildman–Crippen MR) is 110 cm³/mol. The Bertz CT molecular complexity index is 1120. The second-order valence-electron chi connectivity index (χ2n) is 6.43. The van der Waals surface area contributed by atoms with Crippen molar-refractivity contribution in [3.05, 3.63) is 70.6 Å². The quantitative estimate of drug-likeness (QED) is 0.659. The number of pyridine rings is 1. The van der Waals surface area contributed by atoms with Crippen LogP contribution in [-0.2, 0) is 10.0 Å². The highest BCUT2D eigenvalue weighted by atomic mass is 32.2. The van der Waals surface area contributed by atoms with Gasteiger partial charge in [0, 0.05) is 31.4 Å². The zero-order valence-electron chi connectivity index (χ0n) is 16.2. The fourth-order valence-corrected chi connectivity index (χ4v) is 4.53. The first-order valence-corrected chi connectivity index (χ1v) is 10.7. The first-order chi connectivity index (χ1) is 13.4. The summed E-state index contributed by atoms with van der Waals surface area (Å²) in [6, 6.07) is 13.5. The minimum Gasteiger partial charge on any atom is -0.363 e. The van der Waals surface area contributed by atoms with Crippen LogP contribution in [0.1, 0.15) is 32.4 Å². The normalized spacial score (nSPS) is 13.0. The zero-order chi connectivity index (χ0) is 20.3. The van der Waals surface area contributed by atoms with Crippen molar-refractivity contribution in [2.24, 2.45) is 0 Å². The van der Waals surface area contributed by atoms with E-state index in [2.05, 4.69) is 10.3 Å². The third-order valence-corrected chi connectivity index (χ3v) is 6.72. The maximum Gasteiger partial charge on any atom is 0.259 e. The topological polar surface area (TPSA) is 83.8 Å². The lowest BCUT2D eigenvalue weighted by atomic mass is 10.1. The van der Waals surface area contributed by atoms with Gasteiger partial charge in [0.15, 0.2) is 0 Å². The average Bonchev–Trinajstić information content (AvgIpc) is 2.69. The Morgan fingerprint density at radius 1 is 1.11 bits per heavy atom. The molecule has 3 rings (SSSR count). The van der Waals surface area contributed by atoms with Gasteiger partial charge in [-0.15, -0.1) is 0 Å². The molecule has 2 aromatic heterocycles. The van der Waals surface area contributed by atoms with Gasteiger partial charge in [-0.05, 0) is 36.8 Å². The lowest BCUT2D eigenvalue weighted by Crippen LogP contribution is -2.30. The smallest absolute Gasteiger partial charge is 0.259 e. The molecule has 7 nitrogen and oxygen atoms in total. The van der Waals surface area contributed by atoms with Crippen molar-refractivity contribution in [3.63, 3.8) is 0 Å². The molecule has 1 N–H and O–H groups in total. The van der Waals surface area contributed by atoms with Gasteiger partial charge in [0.25, 0.3) is 5.56 Å². The lowest BCUT2D eigenvalue weighted by molar-refractivity contribution is 0.445. The number of hydrogen-bond acceptors (Lipinski definition) is 5. The van der Waals surface area contributed by atoms with Gasteiger partial charge < -0.3 is 5.32 Å². The van der Waals surface area contributed by atoms with E-state index in [-0.39, 0.29) is 16.5 Å². The van der Waals surface area contributed by atoms with E-state index in [0.717, 1.165) is 5.56 Å². The van der Waals surface area contributed by atoms with Crippen LogP contribution >= 0.6 is 0 Å². The number of nitrogens with zero attached hydrogens (tertiary/aromatic N) is 3. The van der Waals surface area contributed by atoms with Gasteiger partial charge in [-0.2, -0.15) is 4.31 Å². The first kappa shape index (κ1) is 20.0. The zero-order valence-corrected chi connectivity index (χ0v) is 17.0. The third kappa shape index (κ3) is 3.93. The molecule has 8 heteroatoms. The van der Waals surface area contributed by atoms with Gasteiger partial charge >= 0.3 is 0 Å². The van der Waals surface area contributed by atoms with E-state index in [1.54, 1.807) is 42.6 Å². The van der Waals surface area contributed by atoms with Gasteiger partial charge in [0.05, 0.1) is 4.90 Å². The fourth-order valence-electron chi connectivity index (χ4n) is 3.07. The first-order valence-electron chi connectivity index (χ1n) is 9.22. The minimum atomic E-state index is -3.48. The molecule has 2 heterocycles. The number of fused-ring (bicyclic) bond motifs is 1. The molecule has 1 unspecified atom stereocenters. The molecule has 0 saturated carbocycles. The van der Waals surface area contributed by atoms with Gasteiger partial charge in [0.1, 0.15) is 11.5 Å². The summed E-state index contributed by atoms with van der Waals surface area (Å²) in [5.41, 5.74) is 1.29. The highest BCUT2D eigenvalue weighted by Crippen LogP contribution is 2.21. The van der Waals surface area contributed by atoms with Crippen LogP contribution in [0.3, 0.4) is 0 Å². The van der Waals surface area contributed by atoms with Crippen molar-refractivity contribution < 1.29 is 8.42 Å². The van der Waals surface area contributed by atoms with Crippen molar-refractivity contribution in [1.29, 1.82) is 0 Å². The van der Waals surface area contributed by atoms with Gasteiger partial charge in [0.2, 0.25) is 10.0 Å². The molecule has 28 heavy (non-hydrogen) atoms. The van der Waals surface area contributed by atoms with Crippen LogP contribution in [0.25, 0.3) is 5.65 Å². The Kier molecular flexibility index (Phi) is 5.81. The molecule has 0 amide bonds. The predicted octanol–water partition coefficient (Wildman–Crippen LogP) is 2.90. The molecule has 0 fully saturated rings. The second kappa shape index (κ2) is 8.12. The maximum absolute atomic E-state index is 12.6. The lowest BCUT2D eigenvalue weighted by Gasteiger charge is -2.19. The summed E-state index contributed by atoms with van der Waals surface area (Å²) in [7, 11) is -3.48. The van der Waals surface area contributed by atoms with Gasteiger partial charge in [-0.25, -0.2) is 13.4 Å². The minimum absolute atomic E-state index is 0.150. The summed E-state index contributed by atoms with van der Waals surface area (Å²) >= 11 is 0. The molecule has 0 aliphatic carbocycles. The van der Waals surface area contributed by atoms with Crippen LogP contribution in [0.4, 0.5) is 5.82 Å². The van der Waals surface area contributed by atoms with Crippen LogP contribution < -0.4 is 10.9 Å². The van der Waals surface area contributed by atoms with Crippen molar-refractivity contribution in [2.75, 3.05) is 18.4 Å². The Hall–Kier alpha value is -2.71. The Balaban J connectivity index is 1.82. The van der Waals surface area contributed by atoms with E-state index in [4.69, 9.17) is 0 Å². The van der Waals surface area contributed by atoms with Crippen LogP contribution in [0.2, 0.25) is 0 Å². The molecule has 3 aromatic rings. The van der Waals surface area contributed by atoms with Crippen LogP contribution in [0.15, 0.2) is 64.4 Å². The summed E-state index contributed by atoms with van der Waals surface area (Å²) in [5.74, 6) is 0.475. The molecule has 0 spiro atoms. The molecule has 148 valence electrons. The molecule has 1 atom stereocenters. The number of hydrogen-bond donors (Lipinski definition) is 1. The fraction of sp³-hybridized carbons (Fsp3) is 0.300. The summed E-state index contributed by atoms with van der Waals surface area (Å²) in [6.45, 7) is 6.44. The number of aromatic nitrogens is 2. The van der Waals surface area contributed by atoms with E-state index in [9.17, 15) is 13.2 Å². The number of nitrogens with one attached hydrogen (secondary N) is 1. The number of anilines is 1. The summed E-state index contributed by atoms with van der Waals surface area (Å²) in [5, 5.41) is 3.21. The van der Waals surface area contributed by atoms with E-state index >= 15 is 0 Å². The van der Waals surface area contributed by atoms with Crippen molar-refractivity contribution in [3.8, 4) is 0 Å². The molecule has 0 aliphatic rings. The van der Waals surface area contributed by atoms with Crippen LogP contribution in [0.5, 0.6) is 0 Å². The molecule has 0 saturated heterocycles. The monoisotopic (exact) mass is 400 g/mol. The average molecular weight is 401 g/mol. The summed E-state index contributed by atoms with van der Waals surface area (Å²) in [6.07, 6.45) is 1.67. The highest BCUT2D eigenvalue weighted by Gasteiger charge is 2.21. The van der Waals surface area contributed by atoms with E-state index in [0.29, 0.717) is 24.6 Å². The van der Waals surface area contributed by atoms with Crippen LogP contribution in [-0.4, -0.2) is 35.2 Å². The molecule has 0 radical (unpaired) electrons. The van der Waals surface area contributed by atoms with Crippen molar-refractivity contribution in [1.82, 2.24) is 13.7 Å². The third-order valence-electron chi connectivity index (χ3n) is 4.66. The van der Waals surface area contributed by atoms with E-state index in [1.165, 1.54) is 14.8 Å². The Labute approximate surface area is 164 Å². The van der Waals surface area contributed by atoms with E-state index < -0.39 is 10.0 Å². The van der Waals surface area contributed by atoms with Crippen molar-refractivity contribution >= 4 is 21.5 Å². The maximum atomic E-state index is 12.6. The molecule has 1 aromatic carbocycles. The summed E-state index contributed by atoms with van der Waals surface area (Å²) < 4.78 is 28.1. The number of sulfonamides is 1. The van der Waals surface area contributed by atoms with Crippen LogP contribution in [0, 0.1) is 0 Å². The molecular formula is C20H24N4O3S. The second-order valence-corrected chi connectivity index (χ2v) is 8.37. The summed E-state index contributed by atoms with van der Waals surface area (Å²) in [4.78, 5) is 16.9. The van der Waals surface area contributed by atoms with Crippen molar-refractivity contribution in [2.45, 2.75) is 31.7 Å². The Morgan fingerprint density at radius 3 is 2.43 bits per heavy atom. The Morgan fingerprint density at radius 2 is 1.79 bits per heavy atom. The standard InChI is InChI=1S/C20H24N4O3S/c1-4-23(5-2)28(26,27)17-11-9-16(10-12-17)15(3)21-18-14-20(25)24-13-7-6-8-19(24)22-18/h6-15,21H,4-5H2,1-3H3. The van der Waals surface area contributed by atoms with E-state index in [1.807, 2.05) is 26.8 Å². The molecule has 0 bridgehead atoms. The SMILES string of the molecule is CCN(CC)S(=O)(=O)c1ccc(C(C)Nc2cc(=O)n3ccccc3n2)cc1. The molecular weight excluding hydrogens is 376 g/mol. The number of benzene rings is 1. The molecule has 0 aliphatic heterocycles. The number of rotatable bonds is 7. The van der Waals surface area contributed by atoms with Gasteiger partial charge in [-0.1, -0.05) is 32.0 Å². The van der Waals surface area contributed by atoms with Gasteiger partial charge in [-0.3, -0.25) is 9.20 Å². The highest BCUT2D eigenvalue weighted by molar-refractivity contribution is 7.89. The largest absolute Gasteiger partial charge is 0.363 e.